The van der Waals surface area contributed by atoms with Crippen LogP contribution in [0.2, 0.25) is 0 Å². The van der Waals surface area contributed by atoms with E-state index in [-0.39, 0.29) is 24.0 Å². The molecule has 2 aromatic carbocycles. The van der Waals surface area contributed by atoms with Crippen LogP contribution < -0.4 is 14.8 Å². The number of likely N-dealkylation sites (N-methyl/N-ethyl adjacent to an activating group) is 1. The van der Waals surface area contributed by atoms with E-state index in [1.165, 1.54) is 5.56 Å². The first kappa shape index (κ1) is 21.8. The van der Waals surface area contributed by atoms with Crippen molar-refractivity contribution < 1.29 is 14.3 Å². The Bertz CT molecular complexity index is 764. The van der Waals surface area contributed by atoms with Crippen LogP contribution >= 0.6 is 0 Å². The Hall–Kier alpha value is -2.53. The maximum absolute atomic E-state index is 12.3. The van der Waals surface area contributed by atoms with Crippen molar-refractivity contribution in [3.8, 4) is 11.5 Å². The van der Waals surface area contributed by atoms with Crippen LogP contribution in [0.5, 0.6) is 11.5 Å². The second-order valence-electron chi connectivity index (χ2n) is 8.09. The number of para-hydroxylation sites is 1. The van der Waals surface area contributed by atoms with Gasteiger partial charge in [-0.25, -0.2) is 0 Å². The normalized spacial score (nSPS) is 12.5. The first-order chi connectivity index (χ1) is 13.2. The summed E-state index contributed by atoms with van der Waals surface area (Å²) in [5, 5.41) is 2.96. The van der Waals surface area contributed by atoms with Gasteiger partial charge < -0.3 is 19.7 Å². The molecule has 0 aliphatic carbocycles. The second kappa shape index (κ2) is 9.60. The van der Waals surface area contributed by atoms with E-state index in [4.69, 9.17) is 9.47 Å². The van der Waals surface area contributed by atoms with Crippen LogP contribution in [-0.4, -0.2) is 45.2 Å². The molecule has 0 spiro atoms. The summed E-state index contributed by atoms with van der Waals surface area (Å²) in [5.74, 6) is 1.35. The van der Waals surface area contributed by atoms with Gasteiger partial charge in [0.15, 0.2) is 6.61 Å². The monoisotopic (exact) mass is 384 g/mol. The minimum absolute atomic E-state index is 0.00571. The first-order valence-electron chi connectivity index (χ1n) is 9.51. The van der Waals surface area contributed by atoms with Gasteiger partial charge in [-0.05, 0) is 43.3 Å². The molecule has 1 amide bonds. The molecule has 0 fully saturated rings. The predicted molar refractivity (Wildman–Crippen MR) is 113 cm³/mol. The van der Waals surface area contributed by atoms with Crippen molar-refractivity contribution in [1.29, 1.82) is 0 Å². The van der Waals surface area contributed by atoms with E-state index in [2.05, 4.69) is 31.0 Å². The number of amides is 1. The van der Waals surface area contributed by atoms with E-state index in [9.17, 15) is 4.79 Å². The molecule has 2 rings (SSSR count). The molecule has 152 valence electrons. The van der Waals surface area contributed by atoms with E-state index in [0.29, 0.717) is 12.3 Å². The topological polar surface area (TPSA) is 50.8 Å². The molecule has 5 heteroatoms. The third kappa shape index (κ3) is 5.99. The average Bonchev–Trinajstić information content (AvgIpc) is 2.66. The Morgan fingerprint density at radius 3 is 2.29 bits per heavy atom. The highest BCUT2D eigenvalue weighted by Gasteiger charge is 2.19. The summed E-state index contributed by atoms with van der Waals surface area (Å²) >= 11 is 0. The molecule has 1 N–H and O–H groups in total. The number of hydrogen-bond donors (Lipinski definition) is 1. The van der Waals surface area contributed by atoms with Gasteiger partial charge in [-0.1, -0.05) is 51.1 Å². The van der Waals surface area contributed by atoms with Gasteiger partial charge in [0.2, 0.25) is 0 Å². The SMILES string of the molecule is COc1ccccc1[C@@H](CNC(=O)COc1ccc(C(C)(C)C)cc1)N(C)C. The largest absolute Gasteiger partial charge is 0.496 e. The summed E-state index contributed by atoms with van der Waals surface area (Å²) in [6.45, 7) is 6.96. The minimum Gasteiger partial charge on any atom is -0.496 e. The van der Waals surface area contributed by atoms with Crippen LogP contribution in [0.15, 0.2) is 48.5 Å². The van der Waals surface area contributed by atoms with Crippen LogP contribution in [-0.2, 0) is 10.2 Å². The van der Waals surface area contributed by atoms with E-state index < -0.39 is 0 Å². The van der Waals surface area contributed by atoms with Crippen LogP contribution in [0, 0.1) is 0 Å². The summed E-state index contributed by atoms with van der Waals surface area (Å²) in [6, 6.07) is 15.8. The van der Waals surface area contributed by atoms with Gasteiger partial charge in [0.1, 0.15) is 11.5 Å². The maximum atomic E-state index is 12.3. The van der Waals surface area contributed by atoms with E-state index in [0.717, 1.165) is 11.3 Å². The summed E-state index contributed by atoms with van der Waals surface area (Å²) < 4.78 is 11.1. The standard InChI is InChI=1S/C23H32N2O3/c1-23(2,3)17-11-13-18(14-12-17)28-16-22(26)24-15-20(25(4)5)19-9-7-8-10-21(19)27-6/h7-14,20H,15-16H2,1-6H3,(H,24,26)/t20-/m1/s1. The van der Waals surface area contributed by atoms with E-state index >= 15 is 0 Å². The lowest BCUT2D eigenvalue weighted by Crippen LogP contribution is -2.37. The van der Waals surface area contributed by atoms with Crippen molar-refractivity contribution in [2.24, 2.45) is 0 Å². The van der Waals surface area contributed by atoms with Gasteiger partial charge in [0, 0.05) is 12.1 Å². The molecule has 2 aromatic rings. The van der Waals surface area contributed by atoms with Crippen LogP contribution in [0.4, 0.5) is 0 Å². The van der Waals surface area contributed by atoms with Crippen LogP contribution in [0.1, 0.15) is 37.9 Å². The quantitative estimate of drug-likeness (QED) is 0.752. The Labute approximate surface area is 168 Å². The zero-order valence-electron chi connectivity index (χ0n) is 17.8. The summed E-state index contributed by atoms with van der Waals surface area (Å²) in [6.07, 6.45) is 0. The Morgan fingerprint density at radius 2 is 1.71 bits per heavy atom. The highest BCUT2D eigenvalue weighted by molar-refractivity contribution is 5.77. The molecular weight excluding hydrogens is 352 g/mol. The van der Waals surface area contributed by atoms with Crippen molar-refractivity contribution in [2.75, 3.05) is 34.4 Å². The molecule has 0 aliphatic heterocycles. The molecule has 1 atom stereocenters. The number of nitrogens with one attached hydrogen (secondary N) is 1. The van der Waals surface area contributed by atoms with Crippen molar-refractivity contribution in [2.45, 2.75) is 32.2 Å². The Morgan fingerprint density at radius 1 is 1.07 bits per heavy atom. The molecule has 0 radical (unpaired) electrons. The molecule has 0 aliphatic rings. The lowest BCUT2D eigenvalue weighted by atomic mass is 9.87. The van der Waals surface area contributed by atoms with Crippen molar-refractivity contribution in [3.63, 3.8) is 0 Å². The van der Waals surface area contributed by atoms with Crippen LogP contribution in [0.3, 0.4) is 0 Å². The molecule has 5 nitrogen and oxygen atoms in total. The van der Waals surface area contributed by atoms with Crippen molar-refractivity contribution in [1.82, 2.24) is 10.2 Å². The maximum Gasteiger partial charge on any atom is 0.258 e. The zero-order valence-corrected chi connectivity index (χ0v) is 17.8. The summed E-state index contributed by atoms with van der Waals surface area (Å²) in [4.78, 5) is 14.3. The number of carbonyl (C=O) groups excluding carboxylic acids is 1. The fourth-order valence-corrected chi connectivity index (χ4v) is 2.97. The van der Waals surface area contributed by atoms with Crippen LogP contribution in [0.25, 0.3) is 0 Å². The molecule has 0 saturated heterocycles. The Kier molecular flexibility index (Phi) is 7.46. The molecule has 0 unspecified atom stereocenters. The smallest absolute Gasteiger partial charge is 0.258 e. The van der Waals surface area contributed by atoms with Gasteiger partial charge >= 0.3 is 0 Å². The minimum atomic E-state index is -0.151. The summed E-state index contributed by atoms with van der Waals surface area (Å²) in [5.41, 5.74) is 2.36. The molecular formula is C23H32N2O3. The number of benzene rings is 2. The predicted octanol–water partition coefficient (Wildman–Crippen LogP) is 3.79. The lowest BCUT2D eigenvalue weighted by molar-refractivity contribution is -0.123. The lowest BCUT2D eigenvalue weighted by Gasteiger charge is -2.26. The zero-order chi connectivity index (χ0) is 20.7. The number of rotatable bonds is 8. The molecule has 0 bridgehead atoms. The average molecular weight is 385 g/mol. The number of carbonyl (C=O) groups is 1. The van der Waals surface area contributed by atoms with Crippen molar-refractivity contribution >= 4 is 5.91 Å². The number of hydrogen-bond acceptors (Lipinski definition) is 4. The molecule has 0 heterocycles. The summed E-state index contributed by atoms with van der Waals surface area (Å²) in [7, 11) is 5.62. The van der Waals surface area contributed by atoms with Gasteiger partial charge in [0.25, 0.3) is 5.91 Å². The van der Waals surface area contributed by atoms with Gasteiger partial charge in [-0.2, -0.15) is 0 Å². The van der Waals surface area contributed by atoms with Gasteiger partial charge in [-0.15, -0.1) is 0 Å². The van der Waals surface area contributed by atoms with Gasteiger partial charge in [-0.3, -0.25) is 4.79 Å². The fraction of sp³-hybridized carbons (Fsp3) is 0.435. The molecule has 0 saturated carbocycles. The number of nitrogens with zero attached hydrogens (tertiary/aromatic N) is 1. The van der Waals surface area contributed by atoms with Gasteiger partial charge in [0.05, 0.1) is 13.2 Å². The van der Waals surface area contributed by atoms with E-state index in [1.54, 1.807) is 7.11 Å². The highest BCUT2D eigenvalue weighted by atomic mass is 16.5. The molecule has 0 aromatic heterocycles. The second-order valence-corrected chi connectivity index (χ2v) is 8.09. The third-order valence-corrected chi connectivity index (χ3v) is 4.70. The number of ether oxygens (including phenoxy) is 2. The van der Waals surface area contributed by atoms with E-state index in [1.807, 2.05) is 62.6 Å². The highest BCUT2D eigenvalue weighted by Crippen LogP contribution is 2.27. The number of methoxy groups -OCH3 is 1. The fourth-order valence-electron chi connectivity index (χ4n) is 2.97. The Balaban J connectivity index is 1.91. The molecule has 28 heavy (non-hydrogen) atoms. The third-order valence-electron chi connectivity index (χ3n) is 4.70. The first-order valence-corrected chi connectivity index (χ1v) is 9.51. The van der Waals surface area contributed by atoms with Crippen molar-refractivity contribution in [3.05, 3.63) is 59.7 Å².